The zero-order valence-corrected chi connectivity index (χ0v) is 17.6. The van der Waals surface area contributed by atoms with Crippen LogP contribution in [0.25, 0.3) is 22.4 Å². The summed E-state index contributed by atoms with van der Waals surface area (Å²) in [5, 5.41) is 2.97. The van der Waals surface area contributed by atoms with Crippen LogP contribution < -0.4 is 5.32 Å². The monoisotopic (exact) mass is 433 g/mol. The van der Waals surface area contributed by atoms with Gasteiger partial charge in [-0.25, -0.2) is 23.7 Å². The molecule has 3 heterocycles. The van der Waals surface area contributed by atoms with Gasteiger partial charge in [0.1, 0.15) is 17.5 Å². The fourth-order valence-electron chi connectivity index (χ4n) is 4.46. The maximum atomic E-state index is 13.5. The number of fused-ring (bicyclic) bond motifs is 2. The molecule has 5 rings (SSSR count). The number of anilines is 1. The van der Waals surface area contributed by atoms with Crippen LogP contribution in [-0.2, 0) is 23.2 Å². The van der Waals surface area contributed by atoms with Crippen molar-refractivity contribution < 1.29 is 13.6 Å². The number of nitrogens with one attached hydrogen (secondary N) is 1. The molecular weight excluding hydrogens is 412 g/mol. The van der Waals surface area contributed by atoms with Crippen LogP contribution >= 0.6 is 0 Å². The number of amides is 1. The first-order valence-corrected chi connectivity index (χ1v) is 10.4. The van der Waals surface area contributed by atoms with E-state index in [1.807, 2.05) is 55.5 Å². The Kier molecular flexibility index (Phi) is 4.73. The summed E-state index contributed by atoms with van der Waals surface area (Å²) in [6.07, 6.45) is -0.816. The van der Waals surface area contributed by atoms with E-state index in [1.165, 1.54) is 10.9 Å². The molecule has 32 heavy (non-hydrogen) atoms. The average molecular weight is 433 g/mol. The molecule has 0 bridgehead atoms. The molecular formula is C24H21F2N5O. The van der Waals surface area contributed by atoms with E-state index in [0.29, 0.717) is 35.4 Å². The number of rotatable bonds is 5. The number of halogens is 2. The maximum absolute atomic E-state index is 13.5. The van der Waals surface area contributed by atoms with E-state index >= 15 is 0 Å². The number of aryl methyl sites for hydroxylation is 1. The predicted octanol–water partition coefficient (Wildman–Crippen LogP) is 4.90. The molecule has 8 heteroatoms. The Labute approximate surface area is 183 Å². The minimum atomic E-state index is -2.71. The summed E-state index contributed by atoms with van der Waals surface area (Å²) >= 11 is 0. The largest absolute Gasteiger partial charge is 0.325 e. The van der Waals surface area contributed by atoms with E-state index in [0.717, 1.165) is 16.8 Å². The van der Waals surface area contributed by atoms with Crippen LogP contribution in [0.4, 0.5) is 14.5 Å². The second kappa shape index (κ2) is 7.47. The zero-order chi connectivity index (χ0) is 22.5. The van der Waals surface area contributed by atoms with Crippen molar-refractivity contribution >= 4 is 22.8 Å². The Morgan fingerprint density at radius 1 is 1.12 bits per heavy atom. The Bertz CT molecular complexity index is 1340. The molecule has 0 saturated heterocycles. The molecule has 162 valence electrons. The number of alkyl halides is 2. The van der Waals surface area contributed by atoms with Crippen molar-refractivity contribution in [1.29, 1.82) is 0 Å². The van der Waals surface area contributed by atoms with Crippen molar-refractivity contribution in [3.05, 3.63) is 71.8 Å². The highest BCUT2D eigenvalue weighted by Gasteiger charge is 2.43. The molecule has 6 nitrogen and oxygen atoms in total. The lowest BCUT2D eigenvalue weighted by atomic mass is 9.78. The fraction of sp³-hybridized carbons (Fsp3) is 0.250. The number of aromatic nitrogens is 4. The van der Waals surface area contributed by atoms with Gasteiger partial charge in [-0.2, -0.15) is 0 Å². The molecule has 0 saturated carbocycles. The lowest BCUT2D eigenvalue weighted by Crippen LogP contribution is -2.33. The van der Waals surface area contributed by atoms with Gasteiger partial charge in [0.05, 0.1) is 5.41 Å². The molecule has 1 N–H and O–H groups in total. The number of carbonyl (C=O) groups excluding carboxylic acids is 1. The molecule has 0 spiro atoms. The molecule has 1 aliphatic heterocycles. The lowest BCUT2D eigenvalue weighted by Gasteiger charge is -2.23. The summed E-state index contributed by atoms with van der Waals surface area (Å²) < 4.78 is 28.5. The molecule has 2 aromatic carbocycles. The van der Waals surface area contributed by atoms with Gasteiger partial charge in [0.15, 0.2) is 11.5 Å². The van der Waals surface area contributed by atoms with Crippen molar-refractivity contribution in [1.82, 2.24) is 19.5 Å². The van der Waals surface area contributed by atoms with Gasteiger partial charge in [-0.1, -0.05) is 36.4 Å². The van der Waals surface area contributed by atoms with Crippen LogP contribution in [0.3, 0.4) is 0 Å². The Morgan fingerprint density at radius 2 is 1.91 bits per heavy atom. The number of benzene rings is 2. The van der Waals surface area contributed by atoms with Gasteiger partial charge in [-0.3, -0.25) is 4.79 Å². The van der Waals surface area contributed by atoms with Crippen LogP contribution in [-0.4, -0.2) is 25.4 Å². The highest BCUT2D eigenvalue weighted by Crippen LogP contribution is 2.42. The molecule has 0 radical (unpaired) electrons. The van der Waals surface area contributed by atoms with Crippen LogP contribution in [0.1, 0.15) is 37.2 Å². The SMILES string of the molecule is CCn1c(C(F)F)nc2c(-c3ccc4c(c3)C(C)(Cc3ccccc3)C(=O)N4)ncnc21. The summed E-state index contributed by atoms with van der Waals surface area (Å²) in [6.45, 7) is 4.02. The molecule has 1 unspecified atom stereocenters. The van der Waals surface area contributed by atoms with E-state index in [-0.39, 0.29) is 11.7 Å². The summed E-state index contributed by atoms with van der Waals surface area (Å²) in [4.78, 5) is 25.7. The first kappa shape index (κ1) is 20.2. The van der Waals surface area contributed by atoms with E-state index in [4.69, 9.17) is 0 Å². The second-order valence-electron chi connectivity index (χ2n) is 8.12. The topological polar surface area (TPSA) is 72.7 Å². The van der Waals surface area contributed by atoms with Gasteiger partial charge >= 0.3 is 0 Å². The van der Waals surface area contributed by atoms with Crippen molar-refractivity contribution in [2.24, 2.45) is 0 Å². The van der Waals surface area contributed by atoms with Gasteiger partial charge in [0, 0.05) is 17.8 Å². The van der Waals surface area contributed by atoms with E-state index < -0.39 is 11.8 Å². The van der Waals surface area contributed by atoms with Crippen molar-refractivity contribution in [3.8, 4) is 11.3 Å². The van der Waals surface area contributed by atoms with Crippen molar-refractivity contribution in [3.63, 3.8) is 0 Å². The van der Waals surface area contributed by atoms with Gasteiger partial charge < -0.3 is 9.88 Å². The number of hydrogen-bond acceptors (Lipinski definition) is 4. The fourth-order valence-corrected chi connectivity index (χ4v) is 4.46. The quantitative estimate of drug-likeness (QED) is 0.486. The van der Waals surface area contributed by atoms with E-state index in [1.54, 1.807) is 6.92 Å². The van der Waals surface area contributed by atoms with Crippen LogP contribution in [0.5, 0.6) is 0 Å². The molecule has 2 aromatic heterocycles. The molecule has 0 aliphatic carbocycles. The third kappa shape index (κ3) is 3.05. The van der Waals surface area contributed by atoms with Crippen LogP contribution in [0.2, 0.25) is 0 Å². The normalized spacial score (nSPS) is 17.7. The van der Waals surface area contributed by atoms with Crippen molar-refractivity contribution in [2.45, 2.75) is 38.7 Å². The molecule has 4 aromatic rings. The lowest BCUT2D eigenvalue weighted by molar-refractivity contribution is -0.120. The zero-order valence-electron chi connectivity index (χ0n) is 17.6. The minimum absolute atomic E-state index is 0.0726. The molecule has 0 fully saturated rings. The number of hydrogen-bond donors (Lipinski definition) is 1. The predicted molar refractivity (Wildman–Crippen MR) is 118 cm³/mol. The Balaban J connectivity index is 1.64. The Morgan fingerprint density at radius 3 is 2.62 bits per heavy atom. The second-order valence-corrected chi connectivity index (χ2v) is 8.12. The number of carbonyl (C=O) groups is 1. The standard InChI is InChI=1S/C24H21F2N5O/c1-3-31-21-19(30-22(31)20(25)26)18(27-13-28-21)15-9-10-17-16(11-15)24(2,23(32)29-17)12-14-7-5-4-6-8-14/h4-11,13,20H,3,12H2,1-2H3,(H,29,32). The highest BCUT2D eigenvalue weighted by atomic mass is 19.3. The third-order valence-corrected chi connectivity index (χ3v) is 6.11. The number of imidazole rings is 1. The molecule has 1 atom stereocenters. The van der Waals surface area contributed by atoms with Crippen LogP contribution in [0.15, 0.2) is 54.9 Å². The highest BCUT2D eigenvalue weighted by molar-refractivity contribution is 6.07. The summed E-state index contributed by atoms with van der Waals surface area (Å²) in [5.74, 6) is -0.396. The first-order valence-electron chi connectivity index (χ1n) is 10.4. The van der Waals surface area contributed by atoms with Crippen molar-refractivity contribution in [2.75, 3.05) is 5.32 Å². The summed E-state index contributed by atoms with van der Waals surface area (Å²) in [7, 11) is 0. The maximum Gasteiger partial charge on any atom is 0.295 e. The minimum Gasteiger partial charge on any atom is -0.325 e. The average Bonchev–Trinajstić information content (AvgIpc) is 3.29. The number of nitrogens with zero attached hydrogens (tertiary/aromatic N) is 4. The third-order valence-electron chi connectivity index (χ3n) is 6.11. The van der Waals surface area contributed by atoms with Gasteiger partial charge in [-0.15, -0.1) is 0 Å². The van der Waals surface area contributed by atoms with Gasteiger partial charge in [-0.05, 0) is 43.5 Å². The summed E-state index contributed by atoms with van der Waals surface area (Å²) in [5.41, 5.74) is 3.74. The van der Waals surface area contributed by atoms with Crippen LogP contribution in [0, 0.1) is 0 Å². The molecule has 1 aliphatic rings. The molecule has 1 amide bonds. The van der Waals surface area contributed by atoms with E-state index in [9.17, 15) is 13.6 Å². The Hall–Kier alpha value is -3.68. The van der Waals surface area contributed by atoms with Gasteiger partial charge in [0.25, 0.3) is 6.43 Å². The first-order chi connectivity index (χ1) is 15.4. The smallest absolute Gasteiger partial charge is 0.295 e. The van der Waals surface area contributed by atoms with E-state index in [2.05, 4.69) is 20.3 Å². The van der Waals surface area contributed by atoms with Gasteiger partial charge in [0.2, 0.25) is 5.91 Å². The summed E-state index contributed by atoms with van der Waals surface area (Å²) in [6, 6.07) is 15.4.